The molecule has 0 atom stereocenters. The highest BCUT2D eigenvalue weighted by Gasteiger charge is 2.42. The van der Waals surface area contributed by atoms with Crippen LogP contribution in [0.1, 0.15) is 23.2 Å². The lowest BCUT2D eigenvalue weighted by molar-refractivity contribution is -0.148. The van der Waals surface area contributed by atoms with E-state index >= 15 is 0 Å². The van der Waals surface area contributed by atoms with Gasteiger partial charge in [-0.3, -0.25) is 9.59 Å². The van der Waals surface area contributed by atoms with Crippen molar-refractivity contribution in [1.29, 1.82) is 0 Å². The van der Waals surface area contributed by atoms with Crippen LogP contribution in [0.25, 0.3) is 0 Å². The third kappa shape index (κ3) is 3.57. The van der Waals surface area contributed by atoms with Crippen LogP contribution in [-0.2, 0) is 9.53 Å². The molecule has 2 aliphatic heterocycles. The van der Waals surface area contributed by atoms with Crippen LogP contribution in [0.4, 0.5) is 8.78 Å². The molecule has 3 rings (SSSR count). The number of amides is 2. The third-order valence-corrected chi connectivity index (χ3v) is 5.31. The molecule has 0 bridgehead atoms. The average Bonchev–Trinajstić information content (AvgIpc) is 2.67. The minimum atomic E-state index is -0.877. The third-order valence-electron chi connectivity index (χ3n) is 5.31. The topological polar surface area (TPSA) is 75.9 Å². The molecule has 6 nitrogen and oxygen atoms in total. The second kappa shape index (κ2) is 7.67. The number of piperazine rings is 1. The van der Waals surface area contributed by atoms with E-state index in [1.54, 1.807) is 4.90 Å². The number of nitrogens with zero attached hydrogens (tertiary/aromatic N) is 2. The van der Waals surface area contributed by atoms with Crippen LogP contribution in [0.3, 0.4) is 0 Å². The Hall–Kier alpha value is -2.06. The highest BCUT2D eigenvalue weighted by molar-refractivity contribution is 5.94. The predicted molar refractivity (Wildman–Crippen MR) is 90.4 cm³/mol. The van der Waals surface area contributed by atoms with Crippen molar-refractivity contribution in [2.75, 3.05) is 45.9 Å². The van der Waals surface area contributed by atoms with Crippen molar-refractivity contribution in [3.63, 3.8) is 0 Å². The summed E-state index contributed by atoms with van der Waals surface area (Å²) in [6.45, 7) is 2.66. The summed E-state index contributed by atoms with van der Waals surface area (Å²) in [7, 11) is 0. The number of carbonyl (C=O) groups is 2. The fraction of sp³-hybridized carbons (Fsp3) is 0.556. The van der Waals surface area contributed by atoms with E-state index in [9.17, 15) is 18.4 Å². The number of hydrogen-bond donors (Lipinski definition) is 1. The van der Waals surface area contributed by atoms with Gasteiger partial charge in [-0.2, -0.15) is 0 Å². The number of nitrogens with two attached hydrogens (primary N) is 1. The molecule has 2 N–H and O–H groups in total. The van der Waals surface area contributed by atoms with E-state index in [-0.39, 0.29) is 18.0 Å². The minimum absolute atomic E-state index is 0.00311. The van der Waals surface area contributed by atoms with Gasteiger partial charge < -0.3 is 20.3 Å². The highest BCUT2D eigenvalue weighted by atomic mass is 19.1. The molecule has 0 saturated carbocycles. The molecular formula is C18H23F2N3O3. The van der Waals surface area contributed by atoms with Crippen LogP contribution in [0.2, 0.25) is 0 Å². The first-order chi connectivity index (χ1) is 12.5. The molecule has 0 spiro atoms. The molecule has 2 saturated heterocycles. The molecule has 142 valence electrons. The average molecular weight is 367 g/mol. The van der Waals surface area contributed by atoms with Gasteiger partial charge in [0.25, 0.3) is 5.91 Å². The Kier molecular flexibility index (Phi) is 5.52. The van der Waals surface area contributed by atoms with Gasteiger partial charge >= 0.3 is 0 Å². The van der Waals surface area contributed by atoms with Crippen molar-refractivity contribution < 1.29 is 23.1 Å². The molecular weight excluding hydrogens is 344 g/mol. The van der Waals surface area contributed by atoms with Gasteiger partial charge in [0.2, 0.25) is 5.91 Å². The van der Waals surface area contributed by atoms with E-state index in [0.29, 0.717) is 58.3 Å². The van der Waals surface area contributed by atoms with Crippen LogP contribution in [0.5, 0.6) is 0 Å². The van der Waals surface area contributed by atoms with E-state index in [0.717, 1.165) is 12.1 Å². The van der Waals surface area contributed by atoms with Gasteiger partial charge in [0.15, 0.2) is 0 Å². The predicted octanol–water partition coefficient (Wildman–Crippen LogP) is 1.00. The SMILES string of the molecule is NCC1(C(=O)N2CCN(C(=O)c3ccc(F)cc3F)CC2)CCOCC1. The molecule has 2 fully saturated rings. The number of benzene rings is 1. The Morgan fingerprint density at radius 1 is 1.08 bits per heavy atom. The van der Waals surface area contributed by atoms with Crippen molar-refractivity contribution >= 4 is 11.8 Å². The lowest BCUT2D eigenvalue weighted by Gasteiger charge is -2.42. The van der Waals surface area contributed by atoms with E-state index < -0.39 is 23.0 Å². The minimum Gasteiger partial charge on any atom is -0.381 e. The summed E-state index contributed by atoms with van der Waals surface area (Å²) >= 11 is 0. The fourth-order valence-electron chi connectivity index (χ4n) is 3.55. The monoisotopic (exact) mass is 367 g/mol. The molecule has 0 radical (unpaired) electrons. The normalized spacial score (nSPS) is 20.1. The Bertz CT molecular complexity index is 684. The van der Waals surface area contributed by atoms with Gasteiger partial charge in [0.1, 0.15) is 11.6 Å². The van der Waals surface area contributed by atoms with Gasteiger partial charge in [-0.25, -0.2) is 8.78 Å². The van der Waals surface area contributed by atoms with Crippen molar-refractivity contribution in [3.05, 3.63) is 35.4 Å². The Labute approximate surface area is 150 Å². The largest absolute Gasteiger partial charge is 0.381 e. The van der Waals surface area contributed by atoms with Crippen LogP contribution in [0.15, 0.2) is 18.2 Å². The summed E-state index contributed by atoms with van der Waals surface area (Å²) in [4.78, 5) is 28.6. The van der Waals surface area contributed by atoms with Gasteiger partial charge in [0.05, 0.1) is 11.0 Å². The molecule has 2 aliphatic rings. The molecule has 1 aromatic carbocycles. The summed E-state index contributed by atoms with van der Waals surface area (Å²) in [5, 5.41) is 0. The lowest BCUT2D eigenvalue weighted by atomic mass is 9.78. The quantitative estimate of drug-likeness (QED) is 0.865. The Balaban J connectivity index is 1.63. The highest BCUT2D eigenvalue weighted by Crippen LogP contribution is 2.32. The van der Waals surface area contributed by atoms with Crippen molar-refractivity contribution in [2.24, 2.45) is 11.1 Å². The van der Waals surface area contributed by atoms with Gasteiger partial charge in [0, 0.05) is 52.0 Å². The van der Waals surface area contributed by atoms with Crippen molar-refractivity contribution in [3.8, 4) is 0 Å². The lowest BCUT2D eigenvalue weighted by Crippen LogP contribution is -2.57. The molecule has 8 heteroatoms. The maximum Gasteiger partial charge on any atom is 0.256 e. The summed E-state index contributed by atoms with van der Waals surface area (Å²) in [6, 6.07) is 2.91. The number of rotatable bonds is 3. The second-order valence-electron chi connectivity index (χ2n) is 6.81. The smallest absolute Gasteiger partial charge is 0.256 e. The summed E-state index contributed by atoms with van der Waals surface area (Å²) in [6.07, 6.45) is 1.20. The number of halogens is 2. The number of hydrogen-bond acceptors (Lipinski definition) is 4. The number of ether oxygens (including phenoxy) is 1. The zero-order valence-corrected chi connectivity index (χ0v) is 14.5. The fourth-order valence-corrected chi connectivity index (χ4v) is 3.55. The Morgan fingerprint density at radius 2 is 1.69 bits per heavy atom. The first kappa shape index (κ1) is 18.7. The Morgan fingerprint density at radius 3 is 2.27 bits per heavy atom. The molecule has 26 heavy (non-hydrogen) atoms. The maximum atomic E-state index is 13.8. The zero-order chi connectivity index (χ0) is 18.7. The molecule has 0 unspecified atom stereocenters. The van der Waals surface area contributed by atoms with E-state index in [1.807, 2.05) is 0 Å². The van der Waals surface area contributed by atoms with Gasteiger partial charge in [-0.1, -0.05) is 0 Å². The van der Waals surface area contributed by atoms with Crippen LogP contribution >= 0.6 is 0 Å². The molecule has 0 aliphatic carbocycles. The van der Waals surface area contributed by atoms with Gasteiger partial charge in [-0.05, 0) is 25.0 Å². The zero-order valence-electron chi connectivity index (χ0n) is 14.5. The maximum absolute atomic E-state index is 13.8. The first-order valence-corrected chi connectivity index (χ1v) is 8.78. The van der Waals surface area contributed by atoms with Gasteiger partial charge in [-0.15, -0.1) is 0 Å². The molecule has 1 aromatic rings. The van der Waals surface area contributed by atoms with E-state index in [1.165, 1.54) is 4.90 Å². The molecule has 0 aromatic heterocycles. The van der Waals surface area contributed by atoms with Crippen molar-refractivity contribution in [1.82, 2.24) is 9.80 Å². The van der Waals surface area contributed by atoms with E-state index in [4.69, 9.17) is 10.5 Å². The first-order valence-electron chi connectivity index (χ1n) is 8.78. The second-order valence-corrected chi connectivity index (χ2v) is 6.81. The number of carbonyl (C=O) groups excluding carboxylic acids is 2. The van der Waals surface area contributed by atoms with Crippen molar-refractivity contribution in [2.45, 2.75) is 12.8 Å². The summed E-state index contributed by atoms with van der Waals surface area (Å²) < 4.78 is 32.2. The van der Waals surface area contributed by atoms with Crippen LogP contribution in [0, 0.1) is 17.0 Å². The van der Waals surface area contributed by atoms with Crippen LogP contribution in [-0.4, -0.2) is 67.6 Å². The summed E-state index contributed by atoms with van der Waals surface area (Å²) in [5.41, 5.74) is 5.14. The molecule has 2 amide bonds. The van der Waals surface area contributed by atoms with Crippen LogP contribution < -0.4 is 5.73 Å². The summed E-state index contributed by atoms with van der Waals surface area (Å²) in [5.74, 6) is -2.09. The molecule has 2 heterocycles. The van der Waals surface area contributed by atoms with E-state index in [2.05, 4.69) is 0 Å². The standard InChI is InChI=1S/C18H23F2N3O3/c19-13-1-2-14(15(20)11-13)16(24)22-5-7-23(8-6-22)17(25)18(12-21)3-9-26-10-4-18/h1-2,11H,3-10,12,21H2.